The van der Waals surface area contributed by atoms with Crippen LogP contribution >= 0.6 is 38.5 Å². The standard InChI is InChI=1S/C7H6BrIO3S/c1-13(10,11)12-7-3-2-5(9)4-6(7)8/h2-4H,1H3. The van der Waals surface area contributed by atoms with Gasteiger partial charge in [0.05, 0.1) is 10.7 Å². The minimum atomic E-state index is -3.44. The van der Waals surface area contributed by atoms with E-state index in [2.05, 4.69) is 38.5 Å². The van der Waals surface area contributed by atoms with Crippen molar-refractivity contribution in [3.05, 3.63) is 26.2 Å². The highest BCUT2D eigenvalue weighted by molar-refractivity contribution is 14.1. The predicted molar refractivity (Wildman–Crippen MR) is 62.3 cm³/mol. The van der Waals surface area contributed by atoms with Crippen molar-refractivity contribution < 1.29 is 12.6 Å². The zero-order valence-electron chi connectivity index (χ0n) is 6.62. The number of hydrogen-bond acceptors (Lipinski definition) is 3. The Labute approximate surface area is 98.9 Å². The second-order valence-corrected chi connectivity index (χ2v) is 6.04. The van der Waals surface area contributed by atoms with Gasteiger partial charge in [0.2, 0.25) is 0 Å². The minimum Gasteiger partial charge on any atom is -0.381 e. The topological polar surface area (TPSA) is 43.4 Å². The van der Waals surface area contributed by atoms with Crippen LogP contribution in [0.3, 0.4) is 0 Å². The van der Waals surface area contributed by atoms with E-state index in [-0.39, 0.29) is 0 Å². The van der Waals surface area contributed by atoms with Gasteiger partial charge < -0.3 is 4.18 Å². The summed E-state index contributed by atoms with van der Waals surface area (Å²) in [6, 6.07) is 5.15. The molecule has 0 spiro atoms. The lowest BCUT2D eigenvalue weighted by Crippen LogP contribution is -2.06. The summed E-state index contributed by atoms with van der Waals surface area (Å²) in [4.78, 5) is 0. The van der Waals surface area contributed by atoms with Gasteiger partial charge in [0.1, 0.15) is 0 Å². The maximum Gasteiger partial charge on any atom is 0.306 e. The van der Waals surface area contributed by atoms with Gasteiger partial charge in [-0.05, 0) is 56.7 Å². The zero-order chi connectivity index (χ0) is 10.1. The number of hydrogen-bond donors (Lipinski definition) is 0. The Kier molecular flexibility index (Phi) is 3.58. The van der Waals surface area contributed by atoms with Crippen molar-refractivity contribution in [3.63, 3.8) is 0 Å². The average molecular weight is 377 g/mol. The lowest BCUT2D eigenvalue weighted by atomic mass is 10.3. The molecule has 72 valence electrons. The molecule has 0 amide bonds. The fraction of sp³-hybridized carbons (Fsp3) is 0.143. The summed E-state index contributed by atoms with van der Waals surface area (Å²) in [5.41, 5.74) is 0. The van der Waals surface area contributed by atoms with E-state index in [0.717, 1.165) is 9.83 Å². The molecule has 0 aliphatic carbocycles. The third-order valence-corrected chi connectivity index (χ3v) is 2.91. The van der Waals surface area contributed by atoms with E-state index in [1.807, 2.05) is 0 Å². The van der Waals surface area contributed by atoms with Gasteiger partial charge in [-0.15, -0.1) is 0 Å². The molecule has 6 heteroatoms. The van der Waals surface area contributed by atoms with Crippen LogP contribution in [0.4, 0.5) is 0 Å². The van der Waals surface area contributed by atoms with Crippen LogP contribution in [0.1, 0.15) is 0 Å². The molecule has 1 aromatic carbocycles. The maximum atomic E-state index is 10.8. The summed E-state index contributed by atoms with van der Waals surface area (Å²) >= 11 is 5.33. The van der Waals surface area contributed by atoms with Crippen LogP contribution in [-0.2, 0) is 10.1 Å². The highest BCUT2D eigenvalue weighted by atomic mass is 127. The van der Waals surface area contributed by atoms with Gasteiger partial charge in [0, 0.05) is 3.57 Å². The summed E-state index contributed by atoms with van der Waals surface area (Å²) in [6.07, 6.45) is 1.01. The summed E-state index contributed by atoms with van der Waals surface area (Å²) in [5.74, 6) is 0.308. The Morgan fingerprint density at radius 2 is 2.08 bits per heavy atom. The van der Waals surface area contributed by atoms with Crippen LogP contribution in [-0.4, -0.2) is 14.7 Å². The maximum absolute atomic E-state index is 10.8. The van der Waals surface area contributed by atoms with Gasteiger partial charge in [0.15, 0.2) is 5.75 Å². The fourth-order valence-corrected chi connectivity index (χ4v) is 2.66. The van der Waals surface area contributed by atoms with Crippen LogP contribution in [0.25, 0.3) is 0 Å². The Balaban J connectivity index is 3.04. The Morgan fingerprint density at radius 1 is 1.46 bits per heavy atom. The van der Waals surface area contributed by atoms with Gasteiger partial charge in [-0.1, -0.05) is 0 Å². The highest BCUT2D eigenvalue weighted by Gasteiger charge is 2.07. The first-order chi connectivity index (χ1) is 5.88. The van der Waals surface area contributed by atoms with Gasteiger partial charge in [-0.25, -0.2) is 0 Å². The molecule has 0 saturated carbocycles. The number of rotatable bonds is 2. The average Bonchev–Trinajstić information content (AvgIpc) is 1.93. The molecule has 0 unspecified atom stereocenters. The molecule has 1 rings (SSSR count). The zero-order valence-corrected chi connectivity index (χ0v) is 11.2. The molecule has 0 aromatic heterocycles. The molecule has 0 heterocycles. The summed E-state index contributed by atoms with van der Waals surface area (Å²) in [7, 11) is -3.44. The fourth-order valence-electron chi connectivity index (χ4n) is 0.706. The molecule has 0 aliphatic rings. The first kappa shape index (κ1) is 11.3. The van der Waals surface area contributed by atoms with E-state index in [1.165, 1.54) is 0 Å². The number of benzene rings is 1. The van der Waals surface area contributed by atoms with Crippen molar-refractivity contribution in [3.8, 4) is 5.75 Å². The Hall–Kier alpha value is 0.180. The molecule has 1 aromatic rings. The quantitative estimate of drug-likeness (QED) is 0.588. The summed E-state index contributed by atoms with van der Waals surface area (Å²) in [6.45, 7) is 0. The van der Waals surface area contributed by atoms with Gasteiger partial charge in [-0.3, -0.25) is 0 Å². The third kappa shape index (κ3) is 3.82. The van der Waals surface area contributed by atoms with Crippen LogP contribution in [0.2, 0.25) is 0 Å². The molecule has 0 saturated heterocycles. The molecule has 13 heavy (non-hydrogen) atoms. The second kappa shape index (κ2) is 4.14. The molecule has 0 aliphatic heterocycles. The van der Waals surface area contributed by atoms with E-state index in [4.69, 9.17) is 4.18 Å². The van der Waals surface area contributed by atoms with Crippen molar-refractivity contribution in [1.82, 2.24) is 0 Å². The van der Waals surface area contributed by atoms with Crippen LogP contribution < -0.4 is 4.18 Å². The van der Waals surface area contributed by atoms with Gasteiger partial charge in [0.25, 0.3) is 0 Å². The molecule has 0 bridgehead atoms. The van der Waals surface area contributed by atoms with Crippen molar-refractivity contribution in [2.24, 2.45) is 0 Å². The van der Waals surface area contributed by atoms with Crippen LogP contribution in [0.15, 0.2) is 22.7 Å². The van der Waals surface area contributed by atoms with Crippen molar-refractivity contribution in [2.75, 3.05) is 6.26 Å². The normalized spacial score (nSPS) is 11.3. The van der Waals surface area contributed by atoms with Crippen LogP contribution in [0.5, 0.6) is 5.75 Å². The third-order valence-electron chi connectivity index (χ3n) is 1.14. The summed E-state index contributed by atoms with van der Waals surface area (Å²) in [5, 5.41) is 0. The second-order valence-electron chi connectivity index (χ2n) is 2.36. The molecule has 0 fully saturated rings. The molecular weight excluding hydrogens is 371 g/mol. The van der Waals surface area contributed by atoms with E-state index in [0.29, 0.717) is 10.2 Å². The van der Waals surface area contributed by atoms with Crippen molar-refractivity contribution >= 4 is 48.6 Å². The Bertz CT molecular complexity index is 416. The molecule has 0 atom stereocenters. The Morgan fingerprint density at radius 3 is 2.54 bits per heavy atom. The van der Waals surface area contributed by atoms with Gasteiger partial charge >= 0.3 is 10.1 Å². The largest absolute Gasteiger partial charge is 0.381 e. The molecule has 0 N–H and O–H groups in total. The summed E-state index contributed by atoms with van der Waals surface area (Å²) < 4.78 is 27.9. The smallest absolute Gasteiger partial charge is 0.306 e. The lowest BCUT2D eigenvalue weighted by Gasteiger charge is -2.04. The number of halogens is 2. The molecule has 3 nitrogen and oxygen atoms in total. The minimum absolute atomic E-state index is 0.308. The van der Waals surface area contributed by atoms with Crippen molar-refractivity contribution in [2.45, 2.75) is 0 Å². The van der Waals surface area contributed by atoms with E-state index in [9.17, 15) is 8.42 Å². The molecular formula is C7H6BrIO3S. The SMILES string of the molecule is CS(=O)(=O)Oc1ccc(I)cc1Br. The van der Waals surface area contributed by atoms with E-state index >= 15 is 0 Å². The monoisotopic (exact) mass is 376 g/mol. The van der Waals surface area contributed by atoms with Crippen LogP contribution in [0, 0.1) is 3.57 Å². The highest BCUT2D eigenvalue weighted by Crippen LogP contribution is 2.27. The van der Waals surface area contributed by atoms with Crippen molar-refractivity contribution in [1.29, 1.82) is 0 Å². The lowest BCUT2D eigenvalue weighted by molar-refractivity contribution is 0.491. The van der Waals surface area contributed by atoms with E-state index in [1.54, 1.807) is 18.2 Å². The molecule has 0 radical (unpaired) electrons. The van der Waals surface area contributed by atoms with Gasteiger partial charge in [-0.2, -0.15) is 8.42 Å². The predicted octanol–water partition coefficient (Wildman–Crippen LogP) is 2.39. The van der Waals surface area contributed by atoms with E-state index < -0.39 is 10.1 Å². The first-order valence-electron chi connectivity index (χ1n) is 3.23. The first-order valence-corrected chi connectivity index (χ1v) is 6.92.